The summed E-state index contributed by atoms with van der Waals surface area (Å²) in [5.74, 6) is -0.269. The minimum atomic E-state index is -0.466. The van der Waals surface area contributed by atoms with E-state index in [1.807, 2.05) is 0 Å². The van der Waals surface area contributed by atoms with Gasteiger partial charge in [-0.1, -0.05) is 40.2 Å². The Morgan fingerprint density at radius 3 is 2.21 bits per heavy atom. The fourth-order valence-electron chi connectivity index (χ4n) is 2.10. The zero-order valence-electron chi connectivity index (χ0n) is 12.5. The number of hydrogen-bond acceptors (Lipinski definition) is 2. The van der Waals surface area contributed by atoms with E-state index in [0.29, 0.717) is 17.0 Å². The third kappa shape index (κ3) is 3.81. The lowest BCUT2D eigenvalue weighted by Crippen LogP contribution is -2.12. The lowest BCUT2D eigenvalue weighted by Gasteiger charge is -2.12. The monoisotopic (exact) mass is 385 g/mol. The van der Waals surface area contributed by atoms with Gasteiger partial charge in [0.15, 0.2) is 17.3 Å². The van der Waals surface area contributed by atoms with Crippen molar-refractivity contribution < 1.29 is 13.9 Å². The summed E-state index contributed by atoms with van der Waals surface area (Å²) in [5, 5.41) is 2.78. The average Bonchev–Trinajstić information content (AvgIpc) is 2.59. The van der Waals surface area contributed by atoms with Crippen LogP contribution in [0.4, 0.5) is 10.1 Å². The van der Waals surface area contributed by atoms with Crippen LogP contribution in [-0.4, -0.2) is 5.91 Å². The van der Waals surface area contributed by atoms with Crippen molar-refractivity contribution >= 4 is 27.5 Å². The Morgan fingerprint density at radius 1 is 0.875 bits per heavy atom. The fourth-order valence-corrected chi connectivity index (χ4v) is 2.36. The lowest BCUT2D eigenvalue weighted by molar-refractivity contribution is 0.102. The van der Waals surface area contributed by atoms with E-state index in [-0.39, 0.29) is 11.7 Å². The zero-order chi connectivity index (χ0) is 16.9. The highest BCUT2D eigenvalue weighted by Gasteiger charge is 2.11. The number of halogens is 2. The summed E-state index contributed by atoms with van der Waals surface area (Å²) >= 11 is 3.33. The molecule has 3 aromatic rings. The van der Waals surface area contributed by atoms with Gasteiger partial charge in [0.05, 0.1) is 5.69 Å². The molecule has 0 atom stereocenters. The van der Waals surface area contributed by atoms with Gasteiger partial charge in [0, 0.05) is 10.0 Å². The highest BCUT2D eigenvalue weighted by Crippen LogP contribution is 2.31. The molecular weight excluding hydrogens is 373 g/mol. The first-order valence-corrected chi connectivity index (χ1v) is 8.01. The minimum Gasteiger partial charge on any atom is -0.452 e. The largest absolute Gasteiger partial charge is 0.452 e. The molecule has 120 valence electrons. The van der Waals surface area contributed by atoms with Crippen molar-refractivity contribution in [3.05, 3.63) is 88.6 Å². The van der Waals surface area contributed by atoms with E-state index in [1.165, 1.54) is 12.1 Å². The van der Waals surface area contributed by atoms with E-state index in [9.17, 15) is 9.18 Å². The van der Waals surface area contributed by atoms with E-state index in [0.717, 1.165) is 4.47 Å². The van der Waals surface area contributed by atoms with Crippen molar-refractivity contribution in [3.63, 3.8) is 0 Å². The van der Waals surface area contributed by atoms with Crippen LogP contribution in [-0.2, 0) is 0 Å². The van der Waals surface area contributed by atoms with Crippen LogP contribution in [0, 0.1) is 5.82 Å². The Morgan fingerprint density at radius 2 is 1.50 bits per heavy atom. The molecule has 1 amide bonds. The third-order valence-corrected chi connectivity index (χ3v) is 3.83. The van der Waals surface area contributed by atoms with Gasteiger partial charge in [-0.3, -0.25) is 4.79 Å². The molecule has 0 aromatic heterocycles. The number of carbonyl (C=O) groups is 1. The molecule has 24 heavy (non-hydrogen) atoms. The van der Waals surface area contributed by atoms with Gasteiger partial charge in [-0.05, 0) is 48.5 Å². The van der Waals surface area contributed by atoms with Crippen LogP contribution in [0.15, 0.2) is 77.3 Å². The summed E-state index contributed by atoms with van der Waals surface area (Å²) in [6.45, 7) is 0. The molecule has 0 fully saturated rings. The maximum atomic E-state index is 13.8. The molecule has 0 saturated heterocycles. The average molecular weight is 386 g/mol. The molecule has 0 bridgehead atoms. The number of benzene rings is 3. The van der Waals surface area contributed by atoms with Gasteiger partial charge in [-0.2, -0.15) is 0 Å². The van der Waals surface area contributed by atoms with Crippen LogP contribution < -0.4 is 10.1 Å². The molecule has 3 rings (SSSR count). The van der Waals surface area contributed by atoms with Crippen LogP contribution in [0.5, 0.6) is 11.5 Å². The van der Waals surface area contributed by atoms with Gasteiger partial charge < -0.3 is 10.1 Å². The second-order valence-corrected chi connectivity index (χ2v) is 5.91. The topological polar surface area (TPSA) is 38.3 Å². The maximum Gasteiger partial charge on any atom is 0.255 e. The molecule has 3 aromatic carbocycles. The van der Waals surface area contributed by atoms with Crippen molar-refractivity contribution in [2.45, 2.75) is 0 Å². The van der Waals surface area contributed by atoms with Crippen LogP contribution in [0.3, 0.4) is 0 Å². The fraction of sp³-hybridized carbons (Fsp3) is 0. The molecule has 5 heteroatoms. The predicted molar refractivity (Wildman–Crippen MR) is 95.0 cm³/mol. The van der Waals surface area contributed by atoms with Gasteiger partial charge in [0.1, 0.15) is 0 Å². The summed E-state index contributed by atoms with van der Waals surface area (Å²) in [7, 11) is 0. The number of hydrogen-bond donors (Lipinski definition) is 1. The minimum absolute atomic E-state index is 0.0999. The standard InChI is InChI=1S/C19H13BrFNO2/c20-14-11-9-13(10-12-14)19(23)22-16-6-2-4-8-18(16)24-17-7-3-1-5-15(17)21/h1-12H,(H,22,23). The number of para-hydroxylation sites is 3. The normalized spacial score (nSPS) is 10.2. The molecule has 0 saturated carbocycles. The highest BCUT2D eigenvalue weighted by molar-refractivity contribution is 9.10. The van der Waals surface area contributed by atoms with Gasteiger partial charge in [-0.15, -0.1) is 0 Å². The number of rotatable bonds is 4. The summed E-state index contributed by atoms with van der Waals surface area (Å²) in [6, 6.07) is 20.0. The Balaban J connectivity index is 1.83. The van der Waals surface area contributed by atoms with E-state index < -0.39 is 5.82 Å². The lowest BCUT2D eigenvalue weighted by atomic mass is 10.2. The number of nitrogens with one attached hydrogen (secondary N) is 1. The van der Waals surface area contributed by atoms with E-state index in [2.05, 4.69) is 21.2 Å². The van der Waals surface area contributed by atoms with Crippen molar-refractivity contribution in [1.82, 2.24) is 0 Å². The van der Waals surface area contributed by atoms with Crippen molar-refractivity contribution in [1.29, 1.82) is 0 Å². The predicted octanol–water partition coefficient (Wildman–Crippen LogP) is 5.63. The molecule has 0 spiro atoms. The highest BCUT2D eigenvalue weighted by atomic mass is 79.9. The molecule has 0 heterocycles. The van der Waals surface area contributed by atoms with Gasteiger partial charge in [0.2, 0.25) is 0 Å². The number of carbonyl (C=O) groups excluding carboxylic acids is 1. The van der Waals surface area contributed by atoms with Crippen molar-refractivity contribution in [3.8, 4) is 11.5 Å². The van der Waals surface area contributed by atoms with E-state index >= 15 is 0 Å². The summed E-state index contributed by atoms with van der Waals surface area (Å²) in [5.41, 5.74) is 0.979. The quantitative estimate of drug-likeness (QED) is 0.631. The van der Waals surface area contributed by atoms with Crippen molar-refractivity contribution in [2.24, 2.45) is 0 Å². The van der Waals surface area contributed by atoms with Crippen molar-refractivity contribution in [2.75, 3.05) is 5.32 Å². The summed E-state index contributed by atoms with van der Waals surface area (Å²) in [6.07, 6.45) is 0. The zero-order valence-corrected chi connectivity index (χ0v) is 14.1. The smallest absolute Gasteiger partial charge is 0.255 e. The molecule has 0 unspecified atom stereocenters. The van der Waals surface area contributed by atoms with Crippen LogP contribution in [0.25, 0.3) is 0 Å². The van der Waals surface area contributed by atoms with Gasteiger partial charge in [-0.25, -0.2) is 4.39 Å². The first-order chi connectivity index (χ1) is 11.6. The van der Waals surface area contributed by atoms with Crippen LogP contribution in [0.2, 0.25) is 0 Å². The Labute approximate surface area is 147 Å². The molecular formula is C19H13BrFNO2. The molecule has 0 radical (unpaired) electrons. The Kier molecular flexibility index (Phi) is 4.91. The SMILES string of the molecule is O=C(Nc1ccccc1Oc1ccccc1F)c1ccc(Br)cc1. The second-order valence-electron chi connectivity index (χ2n) is 4.99. The number of ether oxygens (including phenoxy) is 1. The summed E-state index contributed by atoms with van der Waals surface area (Å²) in [4.78, 5) is 12.3. The molecule has 0 aliphatic rings. The number of amides is 1. The first kappa shape index (κ1) is 16.2. The van der Waals surface area contributed by atoms with Gasteiger partial charge >= 0.3 is 0 Å². The van der Waals surface area contributed by atoms with E-state index in [4.69, 9.17) is 4.74 Å². The Bertz CT molecular complexity index is 865. The van der Waals surface area contributed by atoms with Crippen LogP contribution in [0.1, 0.15) is 10.4 Å². The molecule has 0 aliphatic heterocycles. The molecule has 1 N–H and O–H groups in total. The van der Waals surface area contributed by atoms with Gasteiger partial charge in [0.25, 0.3) is 5.91 Å². The summed E-state index contributed by atoms with van der Waals surface area (Å²) < 4.78 is 20.2. The number of anilines is 1. The Hall–Kier alpha value is -2.66. The van der Waals surface area contributed by atoms with E-state index in [1.54, 1.807) is 60.7 Å². The third-order valence-electron chi connectivity index (χ3n) is 3.30. The maximum absolute atomic E-state index is 13.8. The van der Waals surface area contributed by atoms with Crippen LogP contribution >= 0.6 is 15.9 Å². The first-order valence-electron chi connectivity index (χ1n) is 7.22. The molecule has 3 nitrogen and oxygen atoms in total. The second kappa shape index (κ2) is 7.27. The molecule has 0 aliphatic carbocycles.